The van der Waals surface area contributed by atoms with E-state index in [2.05, 4.69) is 0 Å². The number of hydrogen-bond acceptors (Lipinski definition) is 15. The van der Waals surface area contributed by atoms with Gasteiger partial charge in [-0.25, -0.2) is 0 Å². The van der Waals surface area contributed by atoms with E-state index in [4.69, 9.17) is 70.7 Å². The first-order chi connectivity index (χ1) is 58.8. The standard InChI is InChI=1S/C104H92O15/c1-9-25-77(26-10-1)61-108-97-45-87(46-98(55-97)109-62-78-27-11-2-12-28-78)69-116-93-41-85(42-94(53-93)117-70-88-47-99(110-63-79-29-13-3-14-30-79)56-100(48-88)111-64-80-31-15-4-16-32-80)59-105-73-91-75-107-76-92(91)74-106-60-86-43-95(118-71-89-49-101(112-65-81-33-17-5-18-34-81)57-102(50-89)113-66-82-35-19-6-20-36-82)54-96(44-86)119-72-90-51-103(114-67-83-37-21-7-22-38-83)58-104(52-90)115-68-84-39-23-8-24-40-84/h1-58,75-76H,59-74H2. The van der Waals surface area contributed by atoms with Gasteiger partial charge in [-0.1, -0.05) is 243 Å². The molecule has 0 aliphatic rings. The molecule has 598 valence electrons. The van der Waals surface area contributed by atoms with Crippen molar-refractivity contribution in [2.75, 3.05) is 0 Å². The van der Waals surface area contributed by atoms with Gasteiger partial charge in [-0.05, 0) is 151 Å². The normalized spacial score (nSPS) is 11.0. The SMILES string of the molecule is c1ccc(COc2cc(COc3cc(COCc4cocc4COCc4cc(OCc5cc(OCc6ccccc6)cc(OCc6ccccc6)c5)cc(OCc5cc(OCc6ccccc6)cc(OCc6ccccc6)c5)c4)cc(OCc4cc(OCc5ccccc5)cc(OCc5ccccc5)c4)c3)cc(OCc3ccccc3)c2)cc1. The van der Waals surface area contributed by atoms with Gasteiger partial charge in [-0.15, -0.1) is 0 Å². The van der Waals surface area contributed by atoms with Gasteiger partial charge in [0.1, 0.15) is 148 Å². The van der Waals surface area contributed by atoms with Crippen molar-refractivity contribution >= 4 is 0 Å². The molecule has 0 N–H and O–H groups in total. The summed E-state index contributed by atoms with van der Waals surface area (Å²) < 4.78 is 97.2. The van der Waals surface area contributed by atoms with Crippen LogP contribution >= 0.6 is 0 Å². The van der Waals surface area contributed by atoms with Crippen LogP contribution in [0.2, 0.25) is 0 Å². The molecule has 119 heavy (non-hydrogen) atoms. The average Bonchev–Trinajstić information content (AvgIpc) is 1.27. The minimum Gasteiger partial charge on any atom is -0.489 e. The smallest absolute Gasteiger partial charge is 0.123 e. The summed E-state index contributed by atoms with van der Waals surface area (Å²) in [6.07, 6.45) is 3.38. The van der Waals surface area contributed by atoms with Crippen molar-refractivity contribution in [3.8, 4) is 69.0 Å². The number of hydrogen-bond donors (Lipinski definition) is 0. The zero-order chi connectivity index (χ0) is 80.5. The second-order valence-corrected chi connectivity index (χ2v) is 28.6. The molecular weight excluding hydrogens is 1490 g/mol. The van der Waals surface area contributed by atoms with Crippen LogP contribution in [-0.4, -0.2) is 0 Å². The van der Waals surface area contributed by atoms with Gasteiger partial charge in [-0.3, -0.25) is 0 Å². The lowest BCUT2D eigenvalue weighted by Crippen LogP contribution is -2.04. The van der Waals surface area contributed by atoms with Crippen molar-refractivity contribution in [2.24, 2.45) is 0 Å². The fourth-order valence-electron chi connectivity index (χ4n) is 13.0. The van der Waals surface area contributed by atoms with E-state index in [9.17, 15) is 0 Å². The monoisotopic (exact) mass is 1580 g/mol. The lowest BCUT2D eigenvalue weighted by Gasteiger charge is -2.16. The zero-order valence-electron chi connectivity index (χ0n) is 66.1. The molecule has 0 radical (unpaired) electrons. The highest BCUT2D eigenvalue weighted by atomic mass is 16.5. The molecule has 0 aliphatic heterocycles. The Morgan fingerprint density at radius 2 is 0.269 bits per heavy atom. The van der Waals surface area contributed by atoms with Crippen LogP contribution in [0.1, 0.15) is 89.0 Å². The molecule has 0 fully saturated rings. The van der Waals surface area contributed by atoms with Crippen LogP contribution in [0.25, 0.3) is 0 Å². The van der Waals surface area contributed by atoms with Crippen LogP contribution in [0.4, 0.5) is 0 Å². The molecule has 1 heterocycles. The first-order valence-electron chi connectivity index (χ1n) is 39.7. The molecule has 15 rings (SSSR count). The van der Waals surface area contributed by atoms with Crippen molar-refractivity contribution in [3.63, 3.8) is 0 Å². The van der Waals surface area contributed by atoms with Crippen molar-refractivity contribution in [1.82, 2.24) is 0 Å². The molecule has 15 aromatic rings. The highest BCUT2D eigenvalue weighted by molar-refractivity contribution is 5.46. The number of ether oxygens (including phenoxy) is 14. The molecule has 0 unspecified atom stereocenters. The Kier molecular flexibility index (Phi) is 28.6. The first-order valence-corrected chi connectivity index (χ1v) is 39.7. The molecular formula is C104H92O15. The van der Waals surface area contributed by atoms with Crippen LogP contribution in [0.3, 0.4) is 0 Å². The van der Waals surface area contributed by atoms with Gasteiger partial charge < -0.3 is 70.7 Å². The number of furan rings is 1. The van der Waals surface area contributed by atoms with Crippen LogP contribution < -0.4 is 56.8 Å². The van der Waals surface area contributed by atoms with E-state index in [1.165, 1.54) is 0 Å². The number of benzene rings is 14. The summed E-state index contributed by atoms with van der Waals surface area (Å²) in [7, 11) is 0. The summed E-state index contributed by atoms with van der Waals surface area (Å²) in [6, 6.07) is 116. The molecule has 0 saturated carbocycles. The van der Waals surface area contributed by atoms with Crippen LogP contribution in [-0.2, 0) is 115 Å². The van der Waals surface area contributed by atoms with Crippen LogP contribution in [0, 0.1) is 0 Å². The lowest BCUT2D eigenvalue weighted by molar-refractivity contribution is 0.0935. The highest BCUT2D eigenvalue weighted by Crippen LogP contribution is 2.35. The molecule has 0 saturated heterocycles. The predicted octanol–water partition coefficient (Wildman–Crippen LogP) is 23.7. The summed E-state index contributed by atoms with van der Waals surface area (Å²) in [6.45, 7) is 4.53. The molecule has 15 nitrogen and oxygen atoms in total. The topological polar surface area (TPSA) is 142 Å². The summed E-state index contributed by atoms with van der Waals surface area (Å²) in [5.74, 6) is 7.42. The van der Waals surface area contributed by atoms with Gasteiger partial charge in [0.2, 0.25) is 0 Å². The van der Waals surface area contributed by atoms with Crippen LogP contribution in [0.15, 0.2) is 369 Å². The Hall–Kier alpha value is -14.1. The van der Waals surface area contributed by atoms with Crippen molar-refractivity contribution in [3.05, 3.63) is 453 Å². The predicted molar refractivity (Wildman–Crippen MR) is 458 cm³/mol. The van der Waals surface area contributed by atoms with Gasteiger partial charge in [0.15, 0.2) is 0 Å². The van der Waals surface area contributed by atoms with Gasteiger partial charge in [0.25, 0.3) is 0 Å². The Morgan fingerprint density at radius 3 is 0.420 bits per heavy atom. The molecule has 0 atom stereocenters. The molecule has 0 bridgehead atoms. The maximum Gasteiger partial charge on any atom is 0.123 e. The minimum atomic E-state index is 0.181. The van der Waals surface area contributed by atoms with E-state index >= 15 is 0 Å². The van der Waals surface area contributed by atoms with Crippen LogP contribution in [0.5, 0.6) is 69.0 Å². The van der Waals surface area contributed by atoms with Gasteiger partial charge in [0.05, 0.1) is 39.0 Å². The summed E-state index contributed by atoms with van der Waals surface area (Å²) in [4.78, 5) is 0. The van der Waals surface area contributed by atoms with Gasteiger partial charge >= 0.3 is 0 Å². The van der Waals surface area contributed by atoms with Gasteiger partial charge in [-0.2, -0.15) is 0 Å². The zero-order valence-corrected chi connectivity index (χ0v) is 66.1. The first kappa shape index (κ1) is 80.1. The second kappa shape index (κ2) is 42.5. The summed E-state index contributed by atoms with van der Waals surface area (Å²) in [5.41, 5.74) is 14.9. The molecule has 15 heteroatoms. The van der Waals surface area contributed by atoms with Crippen molar-refractivity contribution < 1.29 is 70.7 Å². The van der Waals surface area contributed by atoms with Crippen molar-refractivity contribution in [2.45, 2.75) is 106 Å². The molecule has 14 aromatic carbocycles. The molecule has 1 aromatic heterocycles. The second-order valence-electron chi connectivity index (χ2n) is 28.6. The third-order valence-corrected chi connectivity index (χ3v) is 19.1. The Bertz CT molecular complexity index is 4680. The lowest BCUT2D eigenvalue weighted by atomic mass is 10.1. The molecule has 0 aliphatic carbocycles. The fraction of sp³-hybridized carbons (Fsp3) is 0.154. The van der Waals surface area contributed by atoms with E-state index in [0.717, 1.165) is 89.0 Å². The Labute approximate surface area is 694 Å². The van der Waals surface area contributed by atoms with E-state index in [-0.39, 0.29) is 52.9 Å². The molecule has 0 amide bonds. The van der Waals surface area contributed by atoms with E-state index in [1.807, 2.05) is 352 Å². The van der Waals surface area contributed by atoms with E-state index in [1.54, 1.807) is 12.5 Å². The minimum absolute atomic E-state index is 0.181. The largest absolute Gasteiger partial charge is 0.489 e. The number of rotatable bonds is 44. The Morgan fingerprint density at radius 1 is 0.134 bits per heavy atom. The maximum atomic E-state index is 6.73. The summed E-state index contributed by atoms with van der Waals surface area (Å²) in [5, 5.41) is 0. The van der Waals surface area contributed by atoms with Gasteiger partial charge in [0, 0.05) is 47.5 Å². The summed E-state index contributed by atoms with van der Waals surface area (Å²) >= 11 is 0. The third-order valence-electron chi connectivity index (χ3n) is 19.1. The third kappa shape index (κ3) is 25.9. The fourth-order valence-corrected chi connectivity index (χ4v) is 13.0. The highest BCUT2D eigenvalue weighted by Gasteiger charge is 2.17. The maximum absolute atomic E-state index is 6.73. The van der Waals surface area contributed by atoms with E-state index < -0.39 is 0 Å². The average molecular weight is 1580 g/mol. The molecule has 0 spiro atoms. The van der Waals surface area contributed by atoms with Crippen molar-refractivity contribution in [1.29, 1.82) is 0 Å². The van der Waals surface area contributed by atoms with E-state index in [0.29, 0.717) is 122 Å². The Balaban J connectivity index is 0.658. The quantitative estimate of drug-likeness (QED) is 0.0357.